The predicted octanol–water partition coefficient (Wildman–Crippen LogP) is 6.08. The van der Waals surface area contributed by atoms with Gasteiger partial charge >= 0.3 is 0 Å². The molecule has 0 N–H and O–H groups in total. The molecule has 2 rings (SSSR count). The summed E-state index contributed by atoms with van der Waals surface area (Å²) >= 11 is 12.2. The quantitative estimate of drug-likeness (QED) is 0.664. The number of hydrogen-bond acceptors (Lipinski definition) is 2. The first-order valence-electron chi connectivity index (χ1n) is 6.18. The maximum absolute atomic E-state index is 6.22. The van der Waals surface area contributed by atoms with E-state index >= 15 is 0 Å². The molecule has 108 valence electrons. The summed E-state index contributed by atoms with van der Waals surface area (Å²) in [6, 6.07) is 8.71. The van der Waals surface area contributed by atoms with Crippen molar-refractivity contribution < 1.29 is 9.47 Å². The minimum absolute atomic E-state index is 0.530. The van der Waals surface area contributed by atoms with Crippen molar-refractivity contribution in [3.8, 4) is 17.2 Å². The molecule has 2 nitrogen and oxygen atoms in total. The van der Waals surface area contributed by atoms with E-state index in [4.69, 9.17) is 32.7 Å². The van der Waals surface area contributed by atoms with Crippen molar-refractivity contribution in [1.82, 2.24) is 0 Å². The van der Waals surface area contributed by atoms with Crippen LogP contribution in [0.3, 0.4) is 0 Å². The van der Waals surface area contributed by atoms with Crippen molar-refractivity contribution in [3.05, 3.63) is 64.7 Å². The molecule has 0 atom stereocenters. The molecular formula is C17H14Cl2O2. The van der Waals surface area contributed by atoms with Gasteiger partial charge in [-0.1, -0.05) is 48.5 Å². The fraction of sp³-hybridized carbons (Fsp3) is 0.0588. The second-order valence-corrected chi connectivity index (χ2v) is 5.09. The van der Waals surface area contributed by atoms with Crippen LogP contribution in [-0.4, -0.2) is 7.11 Å². The number of ether oxygens (including phenoxy) is 2. The van der Waals surface area contributed by atoms with Crippen LogP contribution in [0.25, 0.3) is 12.2 Å². The molecule has 0 radical (unpaired) electrons. The molecule has 21 heavy (non-hydrogen) atoms. The van der Waals surface area contributed by atoms with Crippen LogP contribution in [0.5, 0.6) is 17.2 Å². The third-order valence-electron chi connectivity index (χ3n) is 2.88. The summed E-state index contributed by atoms with van der Waals surface area (Å²) in [4.78, 5) is 0. The second kappa shape index (κ2) is 6.70. The van der Waals surface area contributed by atoms with Gasteiger partial charge in [-0.25, -0.2) is 0 Å². The molecule has 0 aliphatic heterocycles. The molecule has 0 bridgehead atoms. The summed E-state index contributed by atoms with van der Waals surface area (Å²) in [7, 11) is 1.57. The molecular weight excluding hydrogens is 307 g/mol. The highest BCUT2D eigenvalue weighted by Gasteiger charge is 2.08. The van der Waals surface area contributed by atoms with Crippen LogP contribution in [0.4, 0.5) is 0 Å². The first-order chi connectivity index (χ1) is 10.1. The summed E-state index contributed by atoms with van der Waals surface area (Å²) in [6.07, 6.45) is 3.39. The van der Waals surface area contributed by atoms with Gasteiger partial charge in [0.1, 0.15) is 17.2 Å². The van der Waals surface area contributed by atoms with Crippen molar-refractivity contribution in [2.75, 3.05) is 7.11 Å². The van der Waals surface area contributed by atoms with E-state index in [9.17, 15) is 0 Å². The molecule has 0 heterocycles. The number of benzene rings is 2. The van der Waals surface area contributed by atoms with Crippen LogP contribution in [0.1, 0.15) is 11.1 Å². The van der Waals surface area contributed by atoms with Gasteiger partial charge in [-0.3, -0.25) is 0 Å². The fourth-order valence-electron chi connectivity index (χ4n) is 1.91. The topological polar surface area (TPSA) is 18.5 Å². The predicted molar refractivity (Wildman–Crippen MR) is 89.7 cm³/mol. The lowest BCUT2D eigenvalue weighted by Gasteiger charge is -2.11. The van der Waals surface area contributed by atoms with E-state index in [1.54, 1.807) is 43.5 Å². The van der Waals surface area contributed by atoms with Crippen molar-refractivity contribution in [3.63, 3.8) is 0 Å². The van der Waals surface area contributed by atoms with Gasteiger partial charge in [-0.2, -0.15) is 0 Å². The zero-order valence-corrected chi connectivity index (χ0v) is 13.0. The van der Waals surface area contributed by atoms with Gasteiger partial charge in [0.15, 0.2) is 0 Å². The largest absolute Gasteiger partial charge is 0.497 e. The lowest BCUT2D eigenvalue weighted by Crippen LogP contribution is -1.90. The Balaban J connectivity index is 2.40. The summed E-state index contributed by atoms with van der Waals surface area (Å²) in [5.41, 5.74) is 1.67. The first kappa shape index (κ1) is 15.5. The second-order valence-electron chi connectivity index (χ2n) is 4.25. The minimum Gasteiger partial charge on any atom is -0.497 e. The molecule has 0 amide bonds. The molecule has 0 aliphatic rings. The summed E-state index contributed by atoms with van der Waals surface area (Å²) in [5.74, 6) is 1.77. The average molecular weight is 321 g/mol. The highest BCUT2D eigenvalue weighted by molar-refractivity contribution is 6.32. The van der Waals surface area contributed by atoms with E-state index in [2.05, 4.69) is 13.2 Å². The van der Waals surface area contributed by atoms with Crippen LogP contribution < -0.4 is 9.47 Å². The monoisotopic (exact) mass is 320 g/mol. The Hall–Kier alpha value is -1.90. The van der Waals surface area contributed by atoms with Crippen molar-refractivity contribution in [2.45, 2.75) is 0 Å². The van der Waals surface area contributed by atoms with Crippen molar-refractivity contribution >= 4 is 35.4 Å². The number of rotatable bonds is 5. The standard InChI is InChI=1S/C17H14Cl2O2/c1-4-11-6-14(10-17(19)16(11)5-2)21-15-8-12(18)7-13(9-15)20-3/h4-10H,1-2H2,3H3. The molecule has 0 spiro atoms. The number of hydrogen-bond donors (Lipinski definition) is 0. The molecule has 2 aromatic rings. The van der Waals surface area contributed by atoms with E-state index < -0.39 is 0 Å². The Morgan fingerprint density at radius 1 is 0.905 bits per heavy atom. The zero-order valence-electron chi connectivity index (χ0n) is 11.5. The smallest absolute Gasteiger partial charge is 0.132 e. The molecule has 0 fully saturated rings. The normalized spacial score (nSPS) is 10.0. The van der Waals surface area contributed by atoms with E-state index in [1.165, 1.54) is 0 Å². The zero-order chi connectivity index (χ0) is 15.4. The first-order valence-corrected chi connectivity index (χ1v) is 6.94. The van der Waals surface area contributed by atoms with Crippen LogP contribution in [0.2, 0.25) is 10.0 Å². The maximum atomic E-state index is 6.22. The molecule has 0 saturated heterocycles. The van der Waals surface area contributed by atoms with Crippen LogP contribution in [0, 0.1) is 0 Å². The Labute approximate surface area is 134 Å². The fourth-order valence-corrected chi connectivity index (χ4v) is 2.42. The summed E-state index contributed by atoms with van der Waals surface area (Å²) in [6.45, 7) is 7.51. The van der Waals surface area contributed by atoms with E-state index in [1.807, 2.05) is 6.07 Å². The van der Waals surface area contributed by atoms with Crippen LogP contribution >= 0.6 is 23.2 Å². The third kappa shape index (κ3) is 3.60. The van der Waals surface area contributed by atoms with Gasteiger partial charge in [0.25, 0.3) is 0 Å². The van der Waals surface area contributed by atoms with Crippen molar-refractivity contribution in [2.24, 2.45) is 0 Å². The third-order valence-corrected chi connectivity index (χ3v) is 3.41. The Morgan fingerprint density at radius 2 is 1.57 bits per heavy atom. The number of halogens is 2. The SMILES string of the molecule is C=Cc1cc(Oc2cc(Cl)cc(OC)c2)cc(Cl)c1C=C. The minimum atomic E-state index is 0.530. The molecule has 4 heteroatoms. The van der Waals surface area contributed by atoms with Crippen LogP contribution in [-0.2, 0) is 0 Å². The van der Waals surface area contributed by atoms with Gasteiger partial charge in [-0.05, 0) is 29.3 Å². The summed E-state index contributed by atoms with van der Waals surface area (Å²) in [5, 5.41) is 1.08. The summed E-state index contributed by atoms with van der Waals surface area (Å²) < 4.78 is 11.0. The molecule has 0 aliphatic carbocycles. The molecule has 0 saturated carbocycles. The van der Waals surface area contributed by atoms with Gasteiger partial charge in [0, 0.05) is 17.2 Å². The average Bonchev–Trinajstić information content (AvgIpc) is 2.45. The highest BCUT2D eigenvalue weighted by atomic mass is 35.5. The van der Waals surface area contributed by atoms with Gasteiger partial charge in [0.05, 0.1) is 12.1 Å². The lowest BCUT2D eigenvalue weighted by molar-refractivity contribution is 0.409. The van der Waals surface area contributed by atoms with Gasteiger partial charge in [-0.15, -0.1) is 0 Å². The Bertz CT molecular complexity index is 693. The molecule has 0 unspecified atom stereocenters. The van der Waals surface area contributed by atoms with E-state index in [-0.39, 0.29) is 0 Å². The number of methoxy groups -OCH3 is 1. The highest BCUT2D eigenvalue weighted by Crippen LogP contribution is 2.33. The van der Waals surface area contributed by atoms with Gasteiger partial charge in [0.2, 0.25) is 0 Å². The lowest BCUT2D eigenvalue weighted by atomic mass is 10.1. The maximum Gasteiger partial charge on any atom is 0.132 e. The van der Waals surface area contributed by atoms with Gasteiger partial charge < -0.3 is 9.47 Å². The van der Waals surface area contributed by atoms with Crippen molar-refractivity contribution in [1.29, 1.82) is 0 Å². The van der Waals surface area contributed by atoms with E-state index in [0.29, 0.717) is 27.3 Å². The molecule has 2 aromatic carbocycles. The Kier molecular flexibility index (Phi) is 4.94. The Morgan fingerprint density at radius 3 is 2.19 bits per heavy atom. The van der Waals surface area contributed by atoms with E-state index in [0.717, 1.165) is 11.1 Å². The van der Waals surface area contributed by atoms with Crippen LogP contribution in [0.15, 0.2) is 43.5 Å². The molecule has 0 aromatic heterocycles.